The van der Waals surface area contributed by atoms with Gasteiger partial charge >= 0.3 is 0 Å². The fraction of sp³-hybridized carbons (Fsp3) is 0.0909. The lowest BCUT2D eigenvalue weighted by Gasteiger charge is -1.96. The summed E-state index contributed by atoms with van der Waals surface area (Å²) in [7, 11) is 0. The lowest BCUT2D eigenvalue weighted by Crippen LogP contribution is -1.74. The Hall–Kier alpha value is -1.01. The molecule has 0 radical (unpaired) electrons. The van der Waals surface area contributed by atoms with Crippen molar-refractivity contribution in [2.75, 3.05) is 0 Å². The van der Waals surface area contributed by atoms with Gasteiger partial charge in [-0.25, -0.2) is 0 Å². The summed E-state index contributed by atoms with van der Waals surface area (Å²) in [6.45, 7) is 3.62. The van der Waals surface area contributed by atoms with Gasteiger partial charge in [-0.15, -0.1) is 6.58 Å². The van der Waals surface area contributed by atoms with E-state index in [1.807, 2.05) is 42.5 Å². The molecule has 1 aromatic carbocycles. The molecule has 0 saturated heterocycles. The molecule has 0 aliphatic rings. The normalized spacial score (nSPS) is 11.2. The molecule has 0 nitrogen and oxygen atoms in total. The van der Waals surface area contributed by atoms with Crippen LogP contribution in [0.25, 0.3) is 5.03 Å². The van der Waals surface area contributed by atoms with Crippen LogP contribution >= 0.6 is 11.6 Å². The Kier molecular flexibility index (Phi) is 3.62. The number of hydrogen-bond donors (Lipinski definition) is 0. The van der Waals surface area contributed by atoms with E-state index < -0.39 is 0 Å². The van der Waals surface area contributed by atoms with Crippen LogP contribution in [0.5, 0.6) is 0 Å². The molecule has 0 spiro atoms. The minimum absolute atomic E-state index is 0.788. The van der Waals surface area contributed by atoms with Crippen molar-refractivity contribution in [2.45, 2.75) is 6.42 Å². The number of halogens is 1. The fourth-order valence-electron chi connectivity index (χ4n) is 0.902. The van der Waals surface area contributed by atoms with Gasteiger partial charge < -0.3 is 0 Å². The van der Waals surface area contributed by atoms with Crippen molar-refractivity contribution < 1.29 is 0 Å². The van der Waals surface area contributed by atoms with E-state index in [1.54, 1.807) is 0 Å². The number of rotatable bonds is 3. The third-order valence-electron chi connectivity index (χ3n) is 1.51. The zero-order valence-corrected chi connectivity index (χ0v) is 7.59. The summed E-state index contributed by atoms with van der Waals surface area (Å²) in [6.07, 6.45) is 4.59. The van der Waals surface area contributed by atoms with E-state index in [0.29, 0.717) is 0 Å². The highest BCUT2D eigenvalue weighted by molar-refractivity contribution is 6.48. The van der Waals surface area contributed by atoms with E-state index >= 15 is 0 Å². The van der Waals surface area contributed by atoms with Crippen molar-refractivity contribution in [3.63, 3.8) is 0 Å². The number of benzene rings is 1. The molecule has 0 saturated carbocycles. The van der Waals surface area contributed by atoms with Gasteiger partial charge in [0.05, 0.1) is 0 Å². The van der Waals surface area contributed by atoms with Gasteiger partial charge in [-0.05, 0) is 12.0 Å². The molecular formula is C11H11Cl. The highest BCUT2D eigenvalue weighted by Crippen LogP contribution is 2.18. The minimum atomic E-state index is 0.788. The third-order valence-corrected chi connectivity index (χ3v) is 1.89. The van der Waals surface area contributed by atoms with Crippen LogP contribution < -0.4 is 0 Å². The lowest BCUT2D eigenvalue weighted by atomic mass is 10.2. The second-order valence-electron chi connectivity index (χ2n) is 2.44. The Morgan fingerprint density at radius 2 is 2.00 bits per heavy atom. The van der Waals surface area contributed by atoms with E-state index in [9.17, 15) is 0 Å². The van der Waals surface area contributed by atoms with E-state index in [0.717, 1.165) is 17.0 Å². The lowest BCUT2D eigenvalue weighted by molar-refractivity contribution is 1.42. The van der Waals surface area contributed by atoms with Crippen molar-refractivity contribution >= 4 is 16.6 Å². The molecule has 0 atom stereocenters. The highest BCUT2D eigenvalue weighted by Gasteiger charge is 1.93. The second kappa shape index (κ2) is 4.78. The van der Waals surface area contributed by atoms with Crippen molar-refractivity contribution in [3.05, 3.63) is 54.6 Å². The summed E-state index contributed by atoms with van der Waals surface area (Å²) in [4.78, 5) is 0. The van der Waals surface area contributed by atoms with E-state index in [2.05, 4.69) is 6.58 Å². The van der Waals surface area contributed by atoms with Crippen LogP contribution in [0.3, 0.4) is 0 Å². The SMILES string of the molecule is C=CC/C=C(/Cl)c1ccccc1. The Bertz CT molecular complexity index is 272. The third kappa shape index (κ3) is 2.55. The van der Waals surface area contributed by atoms with E-state index in [1.165, 1.54) is 0 Å². The first kappa shape index (κ1) is 9.08. The van der Waals surface area contributed by atoms with Gasteiger partial charge in [-0.1, -0.05) is 54.1 Å². The molecule has 0 aromatic heterocycles. The molecule has 0 bridgehead atoms. The van der Waals surface area contributed by atoms with Crippen LogP contribution in [0, 0.1) is 0 Å². The smallest absolute Gasteiger partial charge is 0.0441 e. The zero-order chi connectivity index (χ0) is 8.81. The fourth-order valence-corrected chi connectivity index (χ4v) is 1.12. The summed E-state index contributed by atoms with van der Waals surface area (Å²) >= 11 is 6.00. The van der Waals surface area contributed by atoms with Crippen LogP contribution in [-0.2, 0) is 0 Å². The standard InChI is InChI=1S/C11H11Cl/c1-2-3-9-11(12)10-7-5-4-6-8-10/h2,4-9H,1,3H2/b11-9+. The van der Waals surface area contributed by atoms with E-state index in [-0.39, 0.29) is 0 Å². The molecule has 12 heavy (non-hydrogen) atoms. The van der Waals surface area contributed by atoms with Crippen molar-refractivity contribution in [3.8, 4) is 0 Å². The van der Waals surface area contributed by atoms with Gasteiger partial charge in [-0.3, -0.25) is 0 Å². The zero-order valence-electron chi connectivity index (χ0n) is 6.83. The monoisotopic (exact) mass is 178 g/mol. The maximum absolute atomic E-state index is 6.00. The van der Waals surface area contributed by atoms with Crippen LogP contribution in [-0.4, -0.2) is 0 Å². The number of hydrogen-bond acceptors (Lipinski definition) is 0. The molecule has 0 aliphatic heterocycles. The predicted molar refractivity (Wildman–Crippen MR) is 55.1 cm³/mol. The van der Waals surface area contributed by atoms with Crippen LogP contribution in [0.1, 0.15) is 12.0 Å². The molecule has 1 rings (SSSR count). The van der Waals surface area contributed by atoms with Crippen LogP contribution in [0.2, 0.25) is 0 Å². The molecule has 0 heterocycles. The molecule has 1 heteroatoms. The Morgan fingerprint density at radius 1 is 1.33 bits per heavy atom. The molecule has 0 unspecified atom stereocenters. The van der Waals surface area contributed by atoms with Crippen molar-refractivity contribution in [2.24, 2.45) is 0 Å². The summed E-state index contributed by atoms with van der Waals surface area (Å²) in [5, 5.41) is 0.788. The largest absolute Gasteiger partial charge is 0.103 e. The van der Waals surface area contributed by atoms with Gasteiger partial charge in [0.1, 0.15) is 0 Å². The first-order chi connectivity index (χ1) is 5.84. The molecule has 0 amide bonds. The molecule has 0 aliphatic carbocycles. The average molecular weight is 179 g/mol. The quantitative estimate of drug-likeness (QED) is 0.617. The molecular weight excluding hydrogens is 168 g/mol. The van der Waals surface area contributed by atoms with Crippen LogP contribution in [0.4, 0.5) is 0 Å². The summed E-state index contributed by atoms with van der Waals surface area (Å²) in [5.41, 5.74) is 1.06. The number of allylic oxidation sites excluding steroid dienone is 2. The van der Waals surface area contributed by atoms with E-state index in [4.69, 9.17) is 11.6 Å². The van der Waals surface area contributed by atoms with Crippen LogP contribution in [0.15, 0.2) is 49.1 Å². The van der Waals surface area contributed by atoms with Gasteiger partial charge in [0.2, 0.25) is 0 Å². The van der Waals surface area contributed by atoms with Gasteiger partial charge in [0.25, 0.3) is 0 Å². The van der Waals surface area contributed by atoms with Crippen molar-refractivity contribution in [1.29, 1.82) is 0 Å². The first-order valence-electron chi connectivity index (χ1n) is 3.86. The Balaban J connectivity index is 2.77. The molecule has 0 fully saturated rings. The predicted octanol–water partition coefficient (Wildman–Crippen LogP) is 3.84. The average Bonchev–Trinajstić information content (AvgIpc) is 2.15. The van der Waals surface area contributed by atoms with Crippen molar-refractivity contribution in [1.82, 2.24) is 0 Å². The van der Waals surface area contributed by atoms with Gasteiger partial charge in [-0.2, -0.15) is 0 Å². The molecule has 1 aromatic rings. The Morgan fingerprint density at radius 3 is 2.58 bits per heavy atom. The Labute approximate surface area is 78.2 Å². The minimum Gasteiger partial charge on any atom is -0.103 e. The van der Waals surface area contributed by atoms with Gasteiger partial charge in [0.15, 0.2) is 0 Å². The summed E-state index contributed by atoms with van der Waals surface area (Å²) in [6, 6.07) is 9.89. The maximum atomic E-state index is 6.00. The summed E-state index contributed by atoms with van der Waals surface area (Å²) < 4.78 is 0. The first-order valence-corrected chi connectivity index (χ1v) is 4.24. The molecule has 0 N–H and O–H groups in total. The van der Waals surface area contributed by atoms with Gasteiger partial charge in [0, 0.05) is 5.03 Å². The second-order valence-corrected chi connectivity index (χ2v) is 2.85. The molecule has 62 valence electrons. The summed E-state index contributed by atoms with van der Waals surface area (Å²) in [5.74, 6) is 0. The topological polar surface area (TPSA) is 0 Å². The maximum Gasteiger partial charge on any atom is 0.0441 e. The highest BCUT2D eigenvalue weighted by atomic mass is 35.5.